The molecule has 3 aromatic rings. The Kier molecular flexibility index (Phi) is 7.00. The lowest BCUT2D eigenvalue weighted by atomic mass is 10.2. The molecule has 0 bridgehead atoms. The monoisotopic (exact) mass is 407 g/mol. The maximum absolute atomic E-state index is 12.2. The average molecular weight is 407 g/mol. The largest absolute Gasteiger partial charge is 0.497 e. The molecule has 0 N–H and O–H groups in total. The molecule has 0 spiro atoms. The predicted octanol–water partition coefficient (Wildman–Crippen LogP) is 3.81. The standard InChI is InChI=1S/C23H21NO6/c1-27-20-10-6-16(7-11-20)22(25)29-14-18-4-3-5-19(24-18)15-30-23(26)17-8-12-21(28-2)13-9-17/h3-13H,14-15H2,1-2H3. The van der Waals surface area contributed by atoms with Crippen LogP contribution in [0.25, 0.3) is 0 Å². The van der Waals surface area contributed by atoms with E-state index in [2.05, 4.69) is 4.98 Å². The Morgan fingerprint density at radius 3 is 1.43 bits per heavy atom. The molecule has 0 unspecified atom stereocenters. The summed E-state index contributed by atoms with van der Waals surface area (Å²) in [6.07, 6.45) is 0. The Labute approximate surface area is 174 Å². The van der Waals surface area contributed by atoms with Crippen molar-refractivity contribution < 1.29 is 28.5 Å². The van der Waals surface area contributed by atoms with Gasteiger partial charge in [0.25, 0.3) is 0 Å². The molecule has 7 nitrogen and oxygen atoms in total. The van der Waals surface area contributed by atoms with Crippen LogP contribution in [0.15, 0.2) is 66.7 Å². The first-order valence-corrected chi connectivity index (χ1v) is 9.16. The van der Waals surface area contributed by atoms with Crippen molar-refractivity contribution in [3.05, 3.63) is 89.2 Å². The van der Waals surface area contributed by atoms with E-state index in [1.807, 2.05) is 0 Å². The van der Waals surface area contributed by atoms with Gasteiger partial charge in [-0.05, 0) is 60.7 Å². The van der Waals surface area contributed by atoms with E-state index < -0.39 is 11.9 Å². The van der Waals surface area contributed by atoms with Gasteiger partial charge in [-0.25, -0.2) is 9.59 Å². The Bertz CT molecular complexity index is 920. The third kappa shape index (κ3) is 5.57. The van der Waals surface area contributed by atoms with Crippen LogP contribution in [0.5, 0.6) is 11.5 Å². The molecular formula is C23H21NO6. The highest BCUT2D eigenvalue weighted by Gasteiger charge is 2.10. The number of carbonyl (C=O) groups is 2. The van der Waals surface area contributed by atoms with Gasteiger partial charge in [-0.1, -0.05) is 6.07 Å². The Hall–Kier alpha value is -3.87. The van der Waals surface area contributed by atoms with Crippen LogP contribution in [-0.4, -0.2) is 31.1 Å². The van der Waals surface area contributed by atoms with Crippen molar-refractivity contribution in [3.63, 3.8) is 0 Å². The Morgan fingerprint density at radius 2 is 1.07 bits per heavy atom. The zero-order chi connectivity index (χ0) is 21.3. The number of ether oxygens (including phenoxy) is 4. The van der Waals surface area contributed by atoms with Crippen LogP contribution in [0.1, 0.15) is 32.1 Å². The summed E-state index contributed by atoms with van der Waals surface area (Å²) in [5.41, 5.74) is 1.94. The second-order valence-corrected chi connectivity index (χ2v) is 6.23. The van der Waals surface area contributed by atoms with Crippen LogP contribution in [0.3, 0.4) is 0 Å². The van der Waals surface area contributed by atoms with Crippen LogP contribution < -0.4 is 9.47 Å². The van der Waals surface area contributed by atoms with Crippen molar-refractivity contribution in [2.45, 2.75) is 13.2 Å². The van der Waals surface area contributed by atoms with Crippen LogP contribution in [0.4, 0.5) is 0 Å². The van der Waals surface area contributed by atoms with Crippen LogP contribution in [-0.2, 0) is 22.7 Å². The highest BCUT2D eigenvalue weighted by atomic mass is 16.5. The van der Waals surface area contributed by atoms with E-state index in [-0.39, 0.29) is 13.2 Å². The SMILES string of the molecule is COc1ccc(C(=O)OCc2cccc(COC(=O)c3ccc(OC)cc3)n2)cc1. The van der Waals surface area contributed by atoms with Gasteiger partial charge in [0.2, 0.25) is 0 Å². The zero-order valence-electron chi connectivity index (χ0n) is 16.7. The molecule has 7 heteroatoms. The lowest BCUT2D eigenvalue weighted by Crippen LogP contribution is -2.09. The topological polar surface area (TPSA) is 84.0 Å². The van der Waals surface area contributed by atoms with E-state index >= 15 is 0 Å². The summed E-state index contributed by atoms with van der Waals surface area (Å²) in [6, 6.07) is 18.5. The molecular weight excluding hydrogens is 386 g/mol. The highest BCUT2D eigenvalue weighted by Crippen LogP contribution is 2.14. The average Bonchev–Trinajstić information content (AvgIpc) is 2.81. The summed E-state index contributed by atoms with van der Waals surface area (Å²) in [4.78, 5) is 28.7. The lowest BCUT2D eigenvalue weighted by molar-refractivity contribution is 0.0463. The second kappa shape index (κ2) is 10.1. The smallest absolute Gasteiger partial charge is 0.338 e. The van der Waals surface area contributed by atoms with E-state index in [4.69, 9.17) is 18.9 Å². The van der Waals surface area contributed by atoms with Crippen LogP contribution in [0.2, 0.25) is 0 Å². The fourth-order valence-electron chi connectivity index (χ4n) is 2.59. The summed E-state index contributed by atoms with van der Waals surface area (Å²) >= 11 is 0. The summed E-state index contributed by atoms with van der Waals surface area (Å²) in [5, 5.41) is 0. The van der Waals surface area contributed by atoms with Gasteiger partial charge in [-0.15, -0.1) is 0 Å². The van der Waals surface area contributed by atoms with E-state index in [1.54, 1.807) is 80.9 Å². The normalized spacial score (nSPS) is 10.2. The number of rotatable bonds is 8. The van der Waals surface area contributed by atoms with Crippen molar-refractivity contribution in [2.75, 3.05) is 14.2 Å². The maximum atomic E-state index is 12.2. The number of nitrogens with zero attached hydrogens (tertiary/aromatic N) is 1. The van der Waals surface area contributed by atoms with Gasteiger partial charge in [0.15, 0.2) is 0 Å². The number of benzene rings is 2. The zero-order valence-corrected chi connectivity index (χ0v) is 16.7. The Balaban J connectivity index is 1.53. The number of aromatic nitrogens is 1. The molecule has 154 valence electrons. The van der Waals surface area contributed by atoms with Gasteiger partial charge in [0.05, 0.1) is 36.7 Å². The molecule has 0 amide bonds. The quantitative estimate of drug-likeness (QED) is 0.525. The molecule has 0 fully saturated rings. The van der Waals surface area contributed by atoms with E-state index in [9.17, 15) is 9.59 Å². The first-order chi connectivity index (χ1) is 14.6. The summed E-state index contributed by atoms with van der Waals surface area (Å²) in [7, 11) is 3.11. The summed E-state index contributed by atoms with van der Waals surface area (Å²) in [6.45, 7) is 0.0102. The van der Waals surface area contributed by atoms with Gasteiger partial charge in [-0.3, -0.25) is 4.98 Å². The fraction of sp³-hybridized carbons (Fsp3) is 0.174. The van der Waals surface area contributed by atoms with Gasteiger partial charge in [-0.2, -0.15) is 0 Å². The summed E-state index contributed by atoms with van der Waals surface area (Å²) in [5.74, 6) is 0.391. The van der Waals surface area contributed by atoms with Crippen molar-refractivity contribution in [1.29, 1.82) is 0 Å². The Morgan fingerprint density at radius 1 is 0.667 bits per heavy atom. The molecule has 1 heterocycles. The minimum atomic E-state index is -0.462. The van der Waals surface area contributed by atoms with Crippen LogP contribution >= 0.6 is 0 Å². The van der Waals surface area contributed by atoms with Crippen molar-refractivity contribution in [3.8, 4) is 11.5 Å². The fourth-order valence-corrected chi connectivity index (χ4v) is 2.59. The van der Waals surface area contributed by atoms with Gasteiger partial charge in [0, 0.05) is 0 Å². The number of esters is 2. The van der Waals surface area contributed by atoms with Gasteiger partial charge >= 0.3 is 11.9 Å². The third-order valence-corrected chi connectivity index (χ3v) is 4.22. The molecule has 0 aliphatic carbocycles. The number of hydrogen-bond acceptors (Lipinski definition) is 7. The molecule has 0 radical (unpaired) electrons. The number of carbonyl (C=O) groups excluding carboxylic acids is 2. The molecule has 0 saturated carbocycles. The molecule has 2 aromatic carbocycles. The van der Waals surface area contributed by atoms with E-state index in [0.717, 1.165) is 0 Å². The lowest BCUT2D eigenvalue weighted by Gasteiger charge is -2.08. The molecule has 0 atom stereocenters. The number of methoxy groups -OCH3 is 2. The molecule has 1 aromatic heterocycles. The van der Waals surface area contributed by atoms with E-state index in [0.29, 0.717) is 34.0 Å². The van der Waals surface area contributed by atoms with Crippen molar-refractivity contribution in [1.82, 2.24) is 4.98 Å². The number of hydrogen-bond donors (Lipinski definition) is 0. The molecule has 3 rings (SSSR count). The predicted molar refractivity (Wildman–Crippen MR) is 108 cm³/mol. The van der Waals surface area contributed by atoms with Crippen LogP contribution in [0, 0.1) is 0 Å². The first kappa shape index (κ1) is 20.9. The highest BCUT2D eigenvalue weighted by molar-refractivity contribution is 5.90. The van der Waals surface area contributed by atoms with Crippen molar-refractivity contribution in [2.24, 2.45) is 0 Å². The van der Waals surface area contributed by atoms with E-state index in [1.165, 1.54) is 0 Å². The molecule has 0 aliphatic rings. The molecule has 0 saturated heterocycles. The molecule has 0 aliphatic heterocycles. The maximum Gasteiger partial charge on any atom is 0.338 e. The van der Waals surface area contributed by atoms with Crippen molar-refractivity contribution >= 4 is 11.9 Å². The van der Waals surface area contributed by atoms with Gasteiger partial charge < -0.3 is 18.9 Å². The molecule has 30 heavy (non-hydrogen) atoms. The van der Waals surface area contributed by atoms with Gasteiger partial charge in [0.1, 0.15) is 24.7 Å². The summed E-state index contributed by atoms with van der Waals surface area (Å²) < 4.78 is 20.7. The third-order valence-electron chi connectivity index (χ3n) is 4.22. The minimum absolute atomic E-state index is 0.00509. The number of pyridine rings is 1. The second-order valence-electron chi connectivity index (χ2n) is 6.23. The minimum Gasteiger partial charge on any atom is -0.497 e. The first-order valence-electron chi connectivity index (χ1n) is 9.16.